The van der Waals surface area contributed by atoms with Crippen molar-refractivity contribution in [2.75, 3.05) is 7.11 Å². The summed E-state index contributed by atoms with van der Waals surface area (Å²) in [4.78, 5) is 18.7. The molecule has 2 aromatic heterocycles. The topological polar surface area (TPSA) is 59.7 Å². The highest BCUT2D eigenvalue weighted by molar-refractivity contribution is 5.75. The molecule has 0 unspecified atom stereocenters. The van der Waals surface area contributed by atoms with Crippen molar-refractivity contribution in [1.82, 2.24) is 19.5 Å². The van der Waals surface area contributed by atoms with Gasteiger partial charge in [-0.05, 0) is 25.0 Å². The van der Waals surface area contributed by atoms with Gasteiger partial charge in [-0.25, -0.2) is 9.50 Å². The molecule has 0 spiro atoms. The van der Waals surface area contributed by atoms with Gasteiger partial charge in [0, 0.05) is 42.8 Å². The van der Waals surface area contributed by atoms with Gasteiger partial charge in [0.25, 0.3) is 0 Å². The van der Waals surface area contributed by atoms with Gasteiger partial charge in [0.15, 0.2) is 5.65 Å². The molecular formula is C20H20N4O2. The highest BCUT2D eigenvalue weighted by Crippen LogP contribution is 2.43. The number of nitrogens with zero attached hydrogens (tertiary/aromatic N) is 4. The molecule has 5 rings (SSSR count). The molecule has 1 fully saturated rings. The maximum Gasteiger partial charge on any atom is 0.220 e. The van der Waals surface area contributed by atoms with E-state index in [1.165, 1.54) is 5.69 Å². The number of fused-ring (bicyclic) bond motifs is 6. The van der Waals surface area contributed by atoms with E-state index in [0.29, 0.717) is 0 Å². The molecule has 2 aliphatic rings. The molecule has 6 heteroatoms. The van der Waals surface area contributed by atoms with Crippen LogP contribution in [-0.2, 0) is 11.2 Å². The predicted octanol–water partition coefficient (Wildman–Crippen LogP) is 3.01. The SMILES string of the molecule is COc1ccccc1-c1cc2ncc3c(n2n1)C[C@@H]1CC[C@@H]3N1C(C)=O. The van der Waals surface area contributed by atoms with Crippen LogP contribution in [0.1, 0.15) is 37.1 Å². The molecule has 0 aliphatic carbocycles. The fourth-order valence-corrected chi connectivity index (χ4v) is 4.55. The van der Waals surface area contributed by atoms with Gasteiger partial charge >= 0.3 is 0 Å². The van der Waals surface area contributed by atoms with E-state index in [0.717, 1.165) is 47.5 Å². The fraction of sp³-hybridized carbons (Fsp3) is 0.350. The number of ether oxygens (including phenoxy) is 1. The minimum Gasteiger partial charge on any atom is -0.496 e. The van der Waals surface area contributed by atoms with Crippen molar-refractivity contribution in [2.24, 2.45) is 0 Å². The zero-order chi connectivity index (χ0) is 17.8. The molecule has 1 aromatic carbocycles. The standard InChI is InChI=1S/C20H20N4O2/c1-12(25)23-13-7-8-17(23)15-11-21-20-10-16(22-24(20)18(15)9-13)14-5-3-4-6-19(14)26-2/h3-6,10-11,13,17H,7-9H2,1-2H3/t13-,17-/m0/s1. The van der Waals surface area contributed by atoms with Crippen LogP contribution in [0.5, 0.6) is 5.75 Å². The number of hydrogen-bond acceptors (Lipinski definition) is 4. The lowest BCUT2D eigenvalue weighted by atomic mass is 9.99. The van der Waals surface area contributed by atoms with Crippen molar-refractivity contribution in [3.63, 3.8) is 0 Å². The monoisotopic (exact) mass is 348 g/mol. The second kappa shape index (κ2) is 5.56. The summed E-state index contributed by atoms with van der Waals surface area (Å²) in [7, 11) is 1.67. The Labute approximate surface area is 151 Å². The van der Waals surface area contributed by atoms with Crippen LogP contribution in [0, 0.1) is 0 Å². The van der Waals surface area contributed by atoms with E-state index in [1.807, 2.05) is 45.9 Å². The zero-order valence-corrected chi connectivity index (χ0v) is 14.8. The summed E-state index contributed by atoms with van der Waals surface area (Å²) < 4.78 is 7.44. The number of methoxy groups -OCH3 is 1. The van der Waals surface area contributed by atoms with E-state index < -0.39 is 0 Å². The number of aromatic nitrogens is 3. The highest BCUT2D eigenvalue weighted by Gasteiger charge is 2.42. The number of para-hydroxylation sites is 1. The van der Waals surface area contributed by atoms with Crippen molar-refractivity contribution in [3.05, 3.63) is 47.8 Å². The molecule has 132 valence electrons. The average Bonchev–Trinajstić information content (AvgIpc) is 3.23. The van der Waals surface area contributed by atoms with E-state index in [2.05, 4.69) is 4.98 Å². The van der Waals surface area contributed by atoms with Crippen molar-refractivity contribution >= 4 is 11.6 Å². The first kappa shape index (κ1) is 15.4. The van der Waals surface area contributed by atoms with Gasteiger partial charge in [-0.1, -0.05) is 12.1 Å². The molecule has 4 heterocycles. The van der Waals surface area contributed by atoms with Gasteiger partial charge in [0.05, 0.1) is 24.5 Å². The lowest BCUT2D eigenvalue weighted by Gasteiger charge is -2.35. The van der Waals surface area contributed by atoms with Gasteiger partial charge in [-0.3, -0.25) is 4.79 Å². The largest absolute Gasteiger partial charge is 0.496 e. The molecule has 2 aliphatic heterocycles. The van der Waals surface area contributed by atoms with E-state index in [1.54, 1.807) is 14.0 Å². The summed E-state index contributed by atoms with van der Waals surface area (Å²) in [5, 5.41) is 4.84. The average molecular weight is 348 g/mol. The predicted molar refractivity (Wildman–Crippen MR) is 97.0 cm³/mol. The molecule has 0 radical (unpaired) electrons. The van der Waals surface area contributed by atoms with E-state index >= 15 is 0 Å². The van der Waals surface area contributed by atoms with Crippen LogP contribution >= 0.6 is 0 Å². The molecule has 2 atom stereocenters. The summed E-state index contributed by atoms with van der Waals surface area (Å²) in [6, 6.07) is 10.3. The minimum atomic E-state index is 0.136. The number of carbonyl (C=O) groups excluding carboxylic acids is 1. The molecule has 1 saturated heterocycles. The summed E-state index contributed by atoms with van der Waals surface area (Å²) in [6.07, 6.45) is 4.81. The number of carbonyl (C=O) groups is 1. The molecule has 3 aromatic rings. The number of benzene rings is 1. The summed E-state index contributed by atoms with van der Waals surface area (Å²) >= 11 is 0. The van der Waals surface area contributed by atoms with Crippen molar-refractivity contribution in [2.45, 2.75) is 38.3 Å². The van der Waals surface area contributed by atoms with Crippen LogP contribution < -0.4 is 4.74 Å². The Kier molecular flexibility index (Phi) is 3.29. The number of amides is 1. The summed E-state index contributed by atoms with van der Waals surface area (Å²) in [5.74, 6) is 0.950. The Balaban J connectivity index is 1.66. The van der Waals surface area contributed by atoms with Crippen molar-refractivity contribution in [3.8, 4) is 17.0 Å². The molecule has 2 bridgehead atoms. The lowest BCUT2D eigenvalue weighted by molar-refractivity contribution is -0.132. The number of hydrogen-bond donors (Lipinski definition) is 0. The molecular weight excluding hydrogens is 328 g/mol. The van der Waals surface area contributed by atoms with Crippen LogP contribution in [-0.4, -0.2) is 38.6 Å². The Morgan fingerprint density at radius 1 is 1.27 bits per heavy atom. The fourth-order valence-electron chi connectivity index (χ4n) is 4.55. The first-order chi connectivity index (χ1) is 12.7. The van der Waals surface area contributed by atoms with Gasteiger partial charge in [-0.15, -0.1) is 0 Å². The van der Waals surface area contributed by atoms with Gasteiger partial charge in [-0.2, -0.15) is 5.10 Å². The van der Waals surface area contributed by atoms with Gasteiger partial charge in [0.1, 0.15) is 5.75 Å². The molecule has 0 saturated carbocycles. The van der Waals surface area contributed by atoms with Crippen molar-refractivity contribution < 1.29 is 9.53 Å². The van der Waals surface area contributed by atoms with Gasteiger partial charge < -0.3 is 9.64 Å². The van der Waals surface area contributed by atoms with Crippen LogP contribution in [0.15, 0.2) is 36.5 Å². The first-order valence-electron chi connectivity index (χ1n) is 8.97. The maximum atomic E-state index is 12.1. The molecule has 26 heavy (non-hydrogen) atoms. The quantitative estimate of drug-likeness (QED) is 0.714. The Morgan fingerprint density at radius 3 is 2.92 bits per heavy atom. The Bertz CT molecular complexity index is 1030. The summed E-state index contributed by atoms with van der Waals surface area (Å²) in [6.45, 7) is 1.66. The third-order valence-electron chi connectivity index (χ3n) is 5.65. The highest BCUT2D eigenvalue weighted by atomic mass is 16.5. The first-order valence-corrected chi connectivity index (χ1v) is 8.97. The zero-order valence-electron chi connectivity index (χ0n) is 14.8. The van der Waals surface area contributed by atoms with Crippen LogP contribution in [0.25, 0.3) is 16.9 Å². The van der Waals surface area contributed by atoms with E-state index in [9.17, 15) is 4.79 Å². The van der Waals surface area contributed by atoms with Crippen LogP contribution in [0.3, 0.4) is 0 Å². The van der Waals surface area contributed by atoms with E-state index in [4.69, 9.17) is 9.84 Å². The second-order valence-corrected chi connectivity index (χ2v) is 7.04. The Hall–Kier alpha value is -2.89. The van der Waals surface area contributed by atoms with Gasteiger partial charge in [0.2, 0.25) is 5.91 Å². The third kappa shape index (κ3) is 2.08. The summed E-state index contributed by atoms with van der Waals surface area (Å²) in [5.41, 5.74) is 4.96. The van der Waals surface area contributed by atoms with Crippen LogP contribution in [0.4, 0.5) is 0 Å². The normalized spacial score (nSPS) is 21.1. The second-order valence-electron chi connectivity index (χ2n) is 7.04. The van der Waals surface area contributed by atoms with Crippen molar-refractivity contribution in [1.29, 1.82) is 0 Å². The third-order valence-corrected chi connectivity index (χ3v) is 5.65. The van der Waals surface area contributed by atoms with E-state index in [-0.39, 0.29) is 18.0 Å². The Morgan fingerprint density at radius 2 is 2.12 bits per heavy atom. The molecule has 6 nitrogen and oxygen atoms in total. The lowest BCUT2D eigenvalue weighted by Crippen LogP contribution is -2.41. The number of rotatable bonds is 2. The minimum absolute atomic E-state index is 0.136. The van der Waals surface area contributed by atoms with Crippen LogP contribution in [0.2, 0.25) is 0 Å². The molecule has 0 N–H and O–H groups in total. The smallest absolute Gasteiger partial charge is 0.220 e. The maximum absolute atomic E-state index is 12.1. The molecule has 1 amide bonds.